The average Bonchev–Trinajstić information content (AvgIpc) is 2.65. The summed E-state index contributed by atoms with van der Waals surface area (Å²) in [5, 5.41) is 7.53. The van der Waals surface area contributed by atoms with Gasteiger partial charge in [0.25, 0.3) is 0 Å². The Morgan fingerprint density at radius 2 is 1.93 bits per heavy atom. The quantitative estimate of drug-likeness (QED) is 0.784. The van der Waals surface area contributed by atoms with E-state index in [-0.39, 0.29) is 0 Å². The third kappa shape index (κ3) is 2.11. The number of rotatable bonds is 2. The van der Waals surface area contributed by atoms with E-state index in [1.54, 1.807) is 31.2 Å². The monoisotopic (exact) mass is 224 g/mol. The molecule has 1 atom stereocenters. The van der Waals surface area contributed by atoms with Crippen LogP contribution in [-0.2, 0) is 11.1 Å². The number of hydrogen-bond acceptors (Lipinski definition) is 4. The molecule has 1 N–H and O–H groups in total. The van der Waals surface area contributed by atoms with E-state index in [9.17, 15) is 4.21 Å². The molecule has 0 saturated carbocycles. The number of benzene rings is 1. The highest BCUT2D eigenvalue weighted by atomic mass is 32.2. The second-order valence-corrected chi connectivity index (χ2v) is 3.87. The Morgan fingerprint density at radius 3 is 2.40 bits per heavy atom. The summed E-state index contributed by atoms with van der Waals surface area (Å²) in [5.74, 6) is 0.891. The van der Waals surface area contributed by atoms with Crippen molar-refractivity contribution >= 4 is 11.1 Å². The molecule has 2 aromatic rings. The van der Waals surface area contributed by atoms with Crippen LogP contribution in [0, 0.1) is 6.92 Å². The fraction of sp³-hybridized carbons (Fsp3) is 0.111. The first-order valence-electron chi connectivity index (χ1n) is 4.18. The van der Waals surface area contributed by atoms with Crippen LogP contribution in [0.2, 0.25) is 0 Å². The molecular weight excluding hydrogens is 216 g/mol. The third-order valence-corrected chi connectivity index (χ3v) is 2.50. The van der Waals surface area contributed by atoms with Gasteiger partial charge in [-0.25, -0.2) is 4.21 Å². The molecule has 0 amide bonds. The van der Waals surface area contributed by atoms with E-state index in [1.165, 1.54) is 0 Å². The summed E-state index contributed by atoms with van der Waals surface area (Å²) in [6.45, 7) is 1.70. The summed E-state index contributed by atoms with van der Waals surface area (Å²) >= 11 is -1.96. The maximum absolute atomic E-state index is 10.7. The molecule has 0 saturated heterocycles. The van der Waals surface area contributed by atoms with E-state index in [0.717, 1.165) is 5.56 Å². The van der Waals surface area contributed by atoms with Crippen LogP contribution >= 0.6 is 0 Å². The summed E-state index contributed by atoms with van der Waals surface area (Å²) in [5.41, 5.74) is 0.727. The Balaban J connectivity index is 2.35. The first kappa shape index (κ1) is 10.0. The van der Waals surface area contributed by atoms with E-state index in [4.69, 9.17) is 8.97 Å². The Labute approximate surface area is 88.4 Å². The fourth-order valence-electron chi connectivity index (χ4n) is 1.13. The molecule has 78 valence electrons. The van der Waals surface area contributed by atoms with Gasteiger partial charge in [-0.15, -0.1) is 10.2 Å². The van der Waals surface area contributed by atoms with E-state index >= 15 is 0 Å². The van der Waals surface area contributed by atoms with Gasteiger partial charge in [-0.05, 0) is 24.3 Å². The first-order valence-corrected chi connectivity index (χ1v) is 5.29. The minimum absolute atomic E-state index is 0.343. The van der Waals surface area contributed by atoms with Crippen LogP contribution in [0.3, 0.4) is 0 Å². The third-order valence-electron chi connectivity index (χ3n) is 1.83. The minimum atomic E-state index is -1.96. The van der Waals surface area contributed by atoms with Gasteiger partial charge in [0, 0.05) is 12.5 Å². The number of aromatic nitrogens is 2. The maximum atomic E-state index is 10.7. The van der Waals surface area contributed by atoms with Crippen molar-refractivity contribution in [1.82, 2.24) is 10.2 Å². The van der Waals surface area contributed by atoms with Crippen molar-refractivity contribution in [3.05, 3.63) is 30.2 Å². The van der Waals surface area contributed by atoms with Gasteiger partial charge in [-0.3, -0.25) is 0 Å². The predicted molar refractivity (Wildman–Crippen MR) is 53.5 cm³/mol. The second-order valence-electron chi connectivity index (χ2n) is 2.90. The van der Waals surface area contributed by atoms with Crippen molar-refractivity contribution in [3.63, 3.8) is 0 Å². The van der Waals surface area contributed by atoms with Crippen LogP contribution in [0.5, 0.6) is 0 Å². The summed E-state index contributed by atoms with van der Waals surface area (Å²) < 4.78 is 24.7. The Kier molecular flexibility index (Phi) is 2.61. The largest absolute Gasteiger partial charge is 0.421 e. The molecule has 0 aliphatic carbocycles. The highest BCUT2D eigenvalue weighted by Crippen LogP contribution is 2.18. The molecule has 0 spiro atoms. The molecular formula is C9H8N2O3S. The molecule has 15 heavy (non-hydrogen) atoms. The lowest BCUT2D eigenvalue weighted by Crippen LogP contribution is -1.87. The molecule has 0 bridgehead atoms. The molecule has 6 heteroatoms. The van der Waals surface area contributed by atoms with E-state index in [2.05, 4.69) is 10.2 Å². The van der Waals surface area contributed by atoms with Gasteiger partial charge in [0.05, 0.1) is 4.90 Å². The van der Waals surface area contributed by atoms with Crippen LogP contribution in [0.15, 0.2) is 33.6 Å². The van der Waals surface area contributed by atoms with Gasteiger partial charge in [-0.1, -0.05) is 0 Å². The lowest BCUT2D eigenvalue weighted by atomic mass is 10.2. The zero-order valence-corrected chi connectivity index (χ0v) is 8.69. The van der Waals surface area contributed by atoms with Gasteiger partial charge in [0.1, 0.15) is 0 Å². The van der Waals surface area contributed by atoms with E-state index in [1.807, 2.05) is 0 Å². The molecule has 1 aromatic carbocycles. The predicted octanol–water partition coefficient (Wildman–Crippen LogP) is 1.63. The average molecular weight is 224 g/mol. The van der Waals surface area contributed by atoms with Crippen molar-refractivity contribution in [2.45, 2.75) is 11.8 Å². The number of aryl methyl sites for hydroxylation is 1. The van der Waals surface area contributed by atoms with Gasteiger partial charge in [0.15, 0.2) is 11.1 Å². The number of nitrogens with zero attached hydrogens (tertiary/aromatic N) is 2. The van der Waals surface area contributed by atoms with Crippen molar-refractivity contribution in [1.29, 1.82) is 0 Å². The second kappa shape index (κ2) is 3.92. The SMILES string of the molecule is Cc1nnc(-c2ccc(S(=O)O)cc2)o1. The van der Waals surface area contributed by atoms with Crippen molar-refractivity contribution < 1.29 is 13.2 Å². The number of hydrogen-bond donors (Lipinski definition) is 1. The summed E-state index contributed by atoms with van der Waals surface area (Å²) in [6, 6.07) is 6.42. The Hall–Kier alpha value is -1.53. The summed E-state index contributed by atoms with van der Waals surface area (Å²) in [7, 11) is 0. The zero-order valence-electron chi connectivity index (χ0n) is 7.88. The Bertz CT molecular complexity index is 492. The molecule has 1 unspecified atom stereocenters. The molecule has 0 radical (unpaired) electrons. The van der Waals surface area contributed by atoms with Crippen molar-refractivity contribution in [2.75, 3.05) is 0 Å². The first-order chi connectivity index (χ1) is 7.16. The van der Waals surface area contributed by atoms with Gasteiger partial charge in [-0.2, -0.15) is 0 Å². The molecule has 0 aliphatic heterocycles. The van der Waals surface area contributed by atoms with Gasteiger partial charge in [0.2, 0.25) is 11.8 Å². The van der Waals surface area contributed by atoms with Crippen LogP contribution in [0.25, 0.3) is 11.5 Å². The lowest BCUT2D eigenvalue weighted by Gasteiger charge is -1.96. The topological polar surface area (TPSA) is 76.2 Å². The van der Waals surface area contributed by atoms with Crippen LogP contribution in [0.1, 0.15) is 5.89 Å². The zero-order chi connectivity index (χ0) is 10.8. The molecule has 5 nitrogen and oxygen atoms in total. The van der Waals surface area contributed by atoms with Crippen LogP contribution < -0.4 is 0 Å². The maximum Gasteiger partial charge on any atom is 0.247 e. The molecule has 2 rings (SSSR count). The van der Waals surface area contributed by atoms with Gasteiger partial charge >= 0.3 is 0 Å². The Morgan fingerprint density at radius 1 is 1.27 bits per heavy atom. The summed E-state index contributed by atoms with van der Waals surface area (Å²) in [6.07, 6.45) is 0. The van der Waals surface area contributed by atoms with Crippen molar-refractivity contribution in [3.8, 4) is 11.5 Å². The standard InChI is InChI=1S/C9H8N2O3S/c1-6-10-11-9(14-6)7-2-4-8(5-3-7)15(12)13/h2-5H,1H3,(H,12,13). The molecule has 0 fully saturated rings. The smallest absolute Gasteiger partial charge is 0.247 e. The van der Waals surface area contributed by atoms with E-state index in [0.29, 0.717) is 16.7 Å². The van der Waals surface area contributed by atoms with Crippen LogP contribution in [-0.4, -0.2) is 19.0 Å². The fourth-order valence-corrected chi connectivity index (χ4v) is 1.50. The normalized spacial score (nSPS) is 12.7. The highest BCUT2D eigenvalue weighted by molar-refractivity contribution is 7.79. The molecule has 1 heterocycles. The van der Waals surface area contributed by atoms with E-state index < -0.39 is 11.1 Å². The van der Waals surface area contributed by atoms with Crippen molar-refractivity contribution in [2.24, 2.45) is 0 Å². The molecule has 1 aromatic heterocycles. The lowest BCUT2D eigenvalue weighted by molar-refractivity contribution is 0.532. The minimum Gasteiger partial charge on any atom is -0.421 e. The van der Waals surface area contributed by atoms with Crippen LogP contribution in [0.4, 0.5) is 0 Å². The van der Waals surface area contributed by atoms with Gasteiger partial charge < -0.3 is 8.97 Å². The highest BCUT2D eigenvalue weighted by Gasteiger charge is 2.06. The molecule has 0 aliphatic rings. The summed E-state index contributed by atoms with van der Waals surface area (Å²) in [4.78, 5) is 0.343.